The summed E-state index contributed by atoms with van der Waals surface area (Å²) in [7, 11) is 0. The van der Waals surface area contributed by atoms with Gasteiger partial charge >= 0.3 is 0 Å². The van der Waals surface area contributed by atoms with Crippen molar-refractivity contribution in [2.75, 3.05) is 10.7 Å². The minimum atomic E-state index is -0.0580. The standard InChI is InChI=1S/C22H18BrNO2S/c1-15-12-17(10-11-20(15)23)24-21(25)14-27-22(24)16-6-5-9-19(13-16)26-18-7-3-2-4-8-18/h2-13,22H,14H2,1H3. The van der Waals surface area contributed by atoms with E-state index in [4.69, 9.17) is 4.74 Å². The molecule has 3 aromatic carbocycles. The van der Waals surface area contributed by atoms with Gasteiger partial charge in [-0.1, -0.05) is 46.3 Å². The van der Waals surface area contributed by atoms with Crippen molar-refractivity contribution in [1.82, 2.24) is 0 Å². The van der Waals surface area contributed by atoms with Crippen LogP contribution in [0.3, 0.4) is 0 Å². The molecule has 1 heterocycles. The van der Waals surface area contributed by atoms with Crippen molar-refractivity contribution < 1.29 is 9.53 Å². The van der Waals surface area contributed by atoms with Gasteiger partial charge in [0, 0.05) is 10.2 Å². The summed E-state index contributed by atoms with van der Waals surface area (Å²) in [6.07, 6.45) is 0. The zero-order valence-corrected chi connectivity index (χ0v) is 17.2. The van der Waals surface area contributed by atoms with E-state index in [0.717, 1.165) is 32.8 Å². The van der Waals surface area contributed by atoms with Gasteiger partial charge in [0.1, 0.15) is 16.9 Å². The predicted octanol–water partition coefficient (Wildman–Crippen LogP) is 6.33. The molecular formula is C22H18BrNO2S. The quantitative estimate of drug-likeness (QED) is 0.475. The molecule has 3 nitrogen and oxygen atoms in total. The Morgan fingerprint density at radius 1 is 1.00 bits per heavy atom. The van der Waals surface area contributed by atoms with Crippen molar-refractivity contribution in [2.24, 2.45) is 0 Å². The summed E-state index contributed by atoms with van der Waals surface area (Å²) in [5, 5.41) is -0.0580. The number of hydrogen-bond donors (Lipinski definition) is 0. The lowest BCUT2D eigenvalue weighted by Gasteiger charge is -2.25. The first-order valence-electron chi connectivity index (χ1n) is 8.64. The van der Waals surface area contributed by atoms with Crippen molar-refractivity contribution in [2.45, 2.75) is 12.3 Å². The topological polar surface area (TPSA) is 29.5 Å². The molecule has 0 N–H and O–H groups in total. The van der Waals surface area contributed by atoms with Crippen LogP contribution in [0.1, 0.15) is 16.5 Å². The number of aryl methyl sites for hydroxylation is 1. The normalized spacial score (nSPS) is 16.6. The molecule has 136 valence electrons. The summed E-state index contributed by atoms with van der Waals surface area (Å²) in [6, 6.07) is 23.7. The van der Waals surface area contributed by atoms with Crippen LogP contribution in [0.5, 0.6) is 11.5 Å². The number of halogens is 1. The fourth-order valence-electron chi connectivity index (χ4n) is 3.08. The molecule has 27 heavy (non-hydrogen) atoms. The van der Waals surface area contributed by atoms with Gasteiger partial charge < -0.3 is 4.74 Å². The molecule has 1 amide bonds. The highest BCUT2D eigenvalue weighted by atomic mass is 79.9. The predicted molar refractivity (Wildman–Crippen MR) is 115 cm³/mol. The maximum absolute atomic E-state index is 12.6. The molecule has 3 aromatic rings. The first kappa shape index (κ1) is 18.1. The average Bonchev–Trinajstić information content (AvgIpc) is 3.07. The van der Waals surface area contributed by atoms with Gasteiger partial charge in [-0.15, -0.1) is 11.8 Å². The lowest BCUT2D eigenvalue weighted by molar-refractivity contribution is -0.115. The van der Waals surface area contributed by atoms with E-state index in [-0.39, 0.29) is 11.3 Å². The molecule has 1 unspecified atom stereocenters. The zero-order valence-electron chi connectivity index (χ0n) is 14.8. The number of nitrogens with zero attached hydrogens (tertiary/aromatic N) is 1. The summed E-state index contributed by atoms with van der Waals surface area (Å²) in [4.78, 5) is 14.5. The van der Waals surface area contributed by atoms with Crippen LogP contribution in [0.25, 0.3) is 0 Å². The number of carbonyl (C=O) groups is 1. The van der Waals surface area contributed by atoms with Crippen LogP contribution in [-0.4, -0.2) is 11.7 Å². The van der Waals surface area contributed by atoms with Gasteiger partial charge in [0.25, 0.3) is 0 Å². The highest BCUT2D eigenvalue weighted by Crippen LogP contribution is 2.43. The van der Waals surface area contributed by atoms with E-state index in [1.165, 1.54) is 0 Å². The third kappa shape index (κ3) is 3.89. The molecule has 1 fully saturated rings. The van der Waals surface area contributed by atoms with Crippen molar-refractivity contribution >= 4 is 39.3 Å². The Morgan fingerprint density at radius 2 is 1.78 bits per heavy atom. The van der Waals surface area contributed by atoms with E-state index in [9.17, 15) is 4.79 Å². The largest absolute Gasteiger partial charge is 0.457 e. The van der Waals surface area contributed by atoms with Gasteiger partial charge in [-0.2, -0.15) is 0 Å². The van der Waals surface area contributed by atoms with Crippen LogP contribution in [0.15, 0.2) is 77.3 Å². The van der Waals surface area contributed by atoms with Gasteiger partial charge in [-0.05, 0) is 60.5 Å². The van der Waals surface area contributed by atoms with E-state index in [0.29, 0.717) is 5.75 Å². The average molecular weight is 440 g/mol. The zero-order chi connectivity index (χ0) is 18.8. The lowest BCUT2D eigenvalue weighted by atomic mass is 10.1. The van der Waals surface area contributed by atoms with Crippen LogP contribution in [0.4, 0.5) is 5.69 Å². The van der Waals surface area contributed by atoms with Gasteiger partial charge in [-0.25, -0.2) is 0 Å². The number of para-hydroxylation sites is 1. The second-order valence-electron chi connectivity index (χ2n) is 6.35. The maximum Gasteiger partial charge on any atom is 0.238 e. The van der Waals surface area contributed by atoms with E-state index in [2.05, 4.69) is 15.9 Å². The Morgan fingerprint density at radius 3 is 2.56 bits per heavy atom. The van der Waals surface area contributed by atoms with Gasteiger partial charge in [0.15, 0.2) is 0 Å². The minimum Gasteiger partial charge on any atom is -0.457 e. The molecule has 0 radical (unpaired) electrons. The Kier molecular flexibility index (Phi) is 5.23. The highest BCUT2D eigenvalue weighted by Gasteiger charge is 2.34. The molecule has 1 saturated heterocycles. The van der Waals surface area contributed by atoms with E-state index < -0.39 is 0 Å². The number of thioether (sulfide) groups is 1. The summed E-state index contributed by atoms with van der Waals surface area (Å²) >= 11 is 5.17. The number of ether oxygens (including phenoxy) is 1. The number of benzene rings is 3. The summed E-state index contributed by atoms with van der Waals surface area (Å²) in [6.45, 7) is 2.03. The van der Waals surface area contributed by atoms with Gasteiger partial charge in [0.05, 0.1) is 5.75 Å². The molecular weight excluding hydrogens is 422 g/mol. The second kappa shape index (κ2) is 7.79. The molecule has 1 aliphatic heterocycles. The van der Waals surface area contributed by atoms with Gasteiger partial charge in [0.2, 0.25) is 5.91 Å². The van der Waals surface area contributed by atoms with E-state index in [1.807, 2.05) is 84.6 Å². The number of hydrogen-bond acceptors (Lipinski definition) is 3. The summed E-state index contributed by atoms with van der Waals surface area (Å²) in [5.74, 6) is 2.17. The van der Waals surface area contributed by atoms with Crippen LogP contribution in [-0.2, 0) is 4.79 Å². The summed E-state index contributed by atoms with van der Waals surface area (Å²) in [5.41, 5.74) is 3.09. The van der Waals surface area contributed by atoms with Crippen molar-refractivity contribution in [3.63, 3.8) is 0 Å². The maximum atomic E-state index is 12.6. The Labute approximate surface area is 171 Å². The van der Waals surface area contributed by atoms with Crippen LogP contribution >= 0.6 is 27.7 Å². The summed E-state index contributed by atoms with van der Waals surface area (Å²) < 4.78 is 7.00. The molecule has 1 aliphatic rings. The molecule has 5 heteroatoms. The van der Waals surface area contributed by atoms with Crippen LogP contribution in [0.2, 0.25) is 0 Å². The third-order valence-corrected chi connectivity index (χ3v) is 6.51. The molecule has 4 rings (SSSR count). The smallest absolute Gasteiger partial charge is 0.238 e. The molecule has 0 aromatic heterocycles. The SMILES string of the molecule is Cc1cc(N2C(=O)CSC2c2cccc(Oc3ccccc3)c2)ccc1Br. The first-order chi connectivity index (χ1) is 13.1. The first-order valence-corrected chi connectivity index (χ1v) is 10.5. The highest BCUT2D eigenvalue weighted by molar-refractivity contribution is 9.10. The number of amides is 1. The van der Waals surface area contributed by atoms with Crippen molar-refractivity contribution in [1.29, 1.82) is 0 Å². The van der Waals surface area contributed by atoms with Crippen LogP contribution in [0, 0.1) is 6.92 Å². The Balaban J connectivity index is 1.64. The van der Waals surface area contributed by atoms with Crippen molar-refractivity contribution in [3.05, 3.63) is 88.4 Å². The van der Waals surface area contributed by atoms with Crippen molar-refractivity contribution in [3.8, 4) is 11.5 Å². The fraction of sp³-hybridized carbons (Fsp3) is 0.136. The molecule has 0 bridgehead atoms. The molecule has 0 aliphatic carbocycles. The molecule has 0 spiro atoms. The fourth-order valence-corrected chi connectivity index (χ4v) is 4.50. The second-order valence-corrected chi connectivity index (χ2v) is 8.27. The van der Waals surface area contributed by atoms with Gasteiger partial charge in [-0.3, -0.25) is 9.69 Å². The molecule has 0 saturated carbocycles. The minimum absolute atomic E-state index is 0.0580. The lowest BCUT2D eigenvalue weighted by Crippen LogP contribution is -2.27. The number of carbonyl (C=O) groups excluding carboxylic acids is 1. The number of rotatable bonds is 4. The third-order valence-electron chi connectivity index (χ3n) is 4.41. The monoisotopic (exact) mass is 439 g/mol. The Hall–Kier alpha value is -2.24. The van der Waals surface area contributed by atoms with Crippen LogP contribution < -0.4 is 9.64 Å². The van der Waals surface area contributed by atoms with E-state index >= 15 is 0 Å². The Bertz CT molecular complexity index is 977. The number of anilines is 1. The molecule has 1 atom stereocenters. The van der Waals surface area contributed by atoms with E-state index in [1.54, 1.807) is 11.8 Å².